The molecular weight excluding hydrogens is 240 g/mol. The van der Waals surface area contributed by atoms with Crippen LogP contribution in [0.2, 0.25) is 0 Å². The van der Waals surface area contributed by atoms with Gasteiger partial charge in [-0.2, -0.15) is 10.4 Å². The molecule has 1 aromatic heterocycles. The molecular formula is C14H14N4O. The van der Waals surface area contributed by atoms with Crippen molar-refractivity contribution in [1.29, 1.82) is 5.26 Å². The molecule has 19 heavy (non-hydrogen) atoms. The number of aryl methyl sites for hydroxylation is 2. The Morgan fingerprint density at radius 2 is 2.16 bits per heavy atom. The number of anilines is 1. The van der Waals surface area contributed by atoms with Gasteiger partial charge in [0.1, 0.15) is 18.1 Å². The Morgan fingerprint density at radius 3 is 2.74 bits per heavy atom. The summed E-state index contributed by atoms with van der Waals surface area (Å²) in [4.78, 5) is 11.2. The van der Waals surface area contributed by atoms with Crippen LogP contribution in [0, 0.1) is 25.2 Å². The Hall–Kier alpha value is -2.61. The van der Waals surface area contributed by atoms with Crippen molar-refractivity contribution in [3.63, 3.8) is 0 Å². The van der Waals surface area contributed by atoms with Gasteiger partial charge in [0.15, 0.2) is 6.29 Å². The van der Waals surface area contributed by atoms with E-state index in [-0.39, 0.29) is 12.4 Å². The van der Waals surface area contributed by atoms with E-state index < -0.39 is 0 Å². The summed E-state index contributed by atoms with van der Waals surface area (Å²) in [5.41, 5.74) is 9.78. The van der Waals surface area contributed by atoms with Gasteiger partial charge in [-0.15, -0.1) is 0 Å². The molecule has 1 aromatic carbocycles. The number of nitrogens with two attached hydrogens (primary N) is 1. The Morgan fingerprint density at radius 1 is 1.42 bits per heavy atom. The smallest absolute Gasteiger partial charge is 0.156 e. The maximum Gasteiger partial charge on any atom is 0.156 e. The van der Waals surface area contributed by atoms with Crippen molar-refractivity contribution < 1.29 is 4.79 Å². The minimum atomic E-state index is 0.0253. The summed E-state index contributed by atoms with van der Waals surface area (Å²) in [5.74, 6) is 0.227. The second-order valence-corrected chi connectivity index (χ2v) is 4.38. The highest BCUT2D eigenvalue weighted by Gasteiger charge is 2.16. The molecule has 0 fully saturated rings. The first-order chi connectivity index (χ1) is 9.08. The van der Waals surface area contributed by atoms with Crippen LogP contribution in [0.3, 0.4) is 0 Å². The average Bonchev–Trinajstić information content (AvgIpc) is 2.70. The Kier molecular flexibility index (Phi) is 3.34. The summed E-state index contributed by atoms with van der Waals surface area (Å²) >= 11 is 0. The number of aromatic nitrogens is 2. The van der Waals surface area contributed by atoms with E-state index >= 15 is 0 Å². The van der Waals surface area contributed by atoms with Gasteiger partial charge >= 0.3 is 0 Å². The fourth-order valence-corrected chi connectivity index (χ4v) is 1.89. The molecule has 0 saturated carbocycles. The SMILES string of the molecule is Cc1ccc(-c2nn(CC#N)c(N)c2C=O)cc1C. The highest BCUT2D eigenvalue weighted by Crippen LogP contribution is 2.27. The molecule has 0 unspecified atom stereocenters. The highest BCUT2D eigenvalue weighted by molar-refractivity contribution is 5.91. The lowest BCUT2D eigenvalue weighted by Gasteiger charge is -2.03. The molecule has 0 aliphatic heterocycles. The van der Waals surface area contributed by atoms with Gasteiger partial charge in [-0.3, -0.25) is 4.79 Å². The molecule has 2 N–H and O–H groups in total. The average molecular weight is 254 g/mol. The molecule has 2 aromatic rings. The van der Waals surface area contributed by atoms with E-state index in [0.717, 1.165) is 11.1 Å². The monoisotopic (exact) mass is 254 g/mol. The fraction of sp³-hybridized carbons (Fsp3) is 0.214. The molecule has 0 aliphatic carbocycles. The van der Waals surface area contributed by atoms with Crippen molar-refractivity contribution in [3.8, 4) is 17.3 Å². The summed E-state index contributed by atoms with van der Waals surface area (Å²) in [5, 5.41) is 13.0. The van der Waals surface area contributed by atoms with Crippen molar-refractivity contribution in [3.05, 3.63) is 34.9 Å². The van der Waals surface area contributed by atoms with Crippen LogP contribution in [-0.2, 0) is 6.54 Å². The molecule has 96 valence electrons. The molecule has 1 heterocycles. The molecule has 2 rings (SSSR count). The zero-order chi connectivity index (χ0) is 14.0. The summed E-state index contributed by atoms with van der Waals surface area (Å²) in [6.45, 7) is 4.04. The van der Waals surface area contributed by atoms with Crippen molar-refractivity contribution >= 4 is 12.1 Å². The molecule has 0 radical (unpaired) electrons. The summed E-state index contributed by atoms with van der Waals surface area (Å²) < 4.78 is 1.34. The number of carbonyl (C=O) groups is 1. The predicted octanol–water partition coefficient (Wildman–Crippen LogP) is 2.09. The van der Waals surface area contributed by atoms with Crippen molar-refractivity contribution in [1.82, 2.24) is 9.78 Å². The third-order valence-corrected chi connectivity index (χ3v) is 3.15. The third kappa shape index (κ3) is 2.20. The molecule has 5 heteroatoms. The first-order valence-corrected chi connectivity index (χ1v) is 5.84. The molecule has 0 spiro atoms. The van der Waals surface area contributed by atoms with Crippen LogP contribution in [0.15, 0.2) is 18.2 Å². The van der Waals surface area contributed by atoms with Gasteiger partial charge in [0, 0.05) is 5.56 Å². The Bertz CT molecular complexity index is 679. The molecule has 0 bridgehead atoms. The van der Waals surface area contributed by atoms with Crippen LogP contribution in [0.4, 0.5) is 5.82 Å². The number of hydrogen-bond donors (Lipinski definition) is 1. The fourth-order valence-electron chi connectivity index (χ4n) is 1.89. The molecule has 0 saturated heterocycles. The van der Waals surface area contributed by atoms with Crippen LogP contribution in [0.25, 0.3) is 11.3 Å². The lowest BCUT2D eigenvalue weighted by atomic mass is 10.0. The van der Waals surface area contributed by atoms with E-state index in [0.29, 0.717) is 17.5 Å². The maximum absolute atomic E-state index is 11.2. The van der Waals surface area contributed by atoms with Gasteiger partial charge in [0.05, 0.1) is 11.6 Å². The normalized spacial score (nSPS) is 10.2. The first-order valence-electron chi connectivity index (χ1n) is 5.84. The largest absolute Gasteiger partial charge is 0.383 e. The molecule has 0 aliphatic rings. The van der Waals surface area contributed by atoms with Crippen LogP contribution in [-0.4, -0.2) is 16.1 Å². The maximum atomic E-state index is 11.2. The van der Waals surface area contributed by atoms with E-state index in [2.05, 4.69) is 5.10 Å². The number of benzene rings is 1. The summed E-state index contributed by atoms with van der Waals surface area (Å²) in [6, 6.07) is 7.79. The third-order valence-electron chi connectivity index (χ3n) is 3.15. The lowest BCUT2D eigenvalue weighted by Crippen LogP contribution is -2.03. The lowest BCUT2D eigenvalue weighted by molar-refractivity contribution is 0.112. The second-order valence-electron chi connectivity index (χ2n) is 4.38. The van der Waals surface area contributed by atoms with Gasteiger partial charge in [-0.25, -0.2) is 4.68 Å². The first kappa shape index (κ1) is 12.8. The van der Waals surface area contributed by atoms with E-state index in [1.54, 1.807) is 0 Å². The van der Waals surface area contributed by atoms with Crippen LogP contribution >= 0.6 is 0 Å². The zero-order valence-corrected chi connectivity index (χ0v) is 10.8. The van der Waals surface area contributed by atoms with Crippen molar-refractivity contribution in [2.24, 2.45) is 0 Å². The summed E-state index contributed by atoms with van der Waals surface area (Å²) in [6.07, 6.45) is 0.681. The van der Waals surface area contributed by atoms with E-state index in [9.17, 15) is 4.79 Å². The van der Waals surface area contributed by atoms with Crippen LogP contribution in [0.5, 0.6) is 0 Å². The van der Waals surface area contributed by atoms with E-state index in [4.69, 9.17) is 11.0 Å². The number of aldehydes is 1. The van der Waals surface area contributed by atoms with Gasteiger partial charge in [-0.05, 0) is 31.0 Å². The van der Waals surface area contributed by atoms with Crippen molar-refractivity contribution in [2.75, 3.05) is 5.73 Å². The molecule has 0 atom stereocenters. The van der Waals surface area contributed by atoms with E-state index in [1.807, 2.05) is 38.1 Å². The highest BCUT2D eigenvalue weighted by atomic mass is 16.1. The predicted molar refractivity (Wildman–Crippen MR) is 72.5 cm³/mol. The minimum Gasteiger partial charge on any atom is -0.383 e. The standard InChI is InChI=1S/C14H14N4O/c1-9-3-4-11(7-10(9)2)13-12(8-19)14(16)18(17-13)6-5-15/h3-4,7-8H,6,16H2,1-2H3. The quantitative estimate of drug-likeness (QED) is 0.850. The van der Waals surface area contributed by atoms with Gasteiger partial charge < -0.3 is 5.73 Å². The summed E-state index contributed by atoms with van der Waals surface area (Å²) in [7, 11) is 0. The topological polar surface area (TPSA) is 84.7 Å². The number of carbonyl (C=O) groups excluding carboxylic acids is 1. The minimum absolute atomic E-state index is 0.0253. The van der Waals surface area contributed by atoms with Gasteiger partial charge in [-0.1, -0.05) is 12.1 Å². The zero-order valence-electron chi connectivity index (χ0n) is 10.8. The van der Waals surface area contributed by atoms with Crippen LogP contribution in [0.1, 0.15) is 21.5 Å². The number of hydrogen-bond acceptors (Lipinski definition) is 4. The Balaban J connectivity index is 2.61. The number of rotatable bonds is 3. The van der Waals surface area contributed by atoms with E-state index in [1.165, 1.54) is 10.2 Å². The molecule has 5 nitrogen and oxygen atoms in total. The Labute approximate surface area is 111 Å². The second kappa shape index (κ2) is 4.94. The number of nitrogen functional groups attached to an aromatic ring is 1. The van der Waals surface area contributed by atoms with Gasteiger partial charge in [0.25, 0.3) is 0 Å². The van der Waals surface area contributed by atoms with Gasteiger partial charge in [0.2, 0.25) is 0 Å². The molecule has 0 amide bonds. The van der Waals surface area contributed by atoms with Crippen molar-refractivity contribution in [2.45, 2.75) is 20.4 Å². The number of nitriles is 1. The van der Waals surface area contributed by atoms with Crippen LogP contribution < -0.4 is 5.73 Å². The number of nitrogens with zero attached hydrogens (tertiary/aromatic N) is 3.